The summed E-state index contributed by atoms with van der Waals surface area (Å²) in [5.41, 5.74) is 5.35. The number of amides is 1. The number of hydrogen-bond donors (Lipinski definition) is 3. The second-order valence-corrected chi connectivity index (χ2v) is 5.40. The largest absolute Gasteiger partial charge is 0.452 e. The molecule has 0 atom stereocenters. The summed E-state index contributed by atoms with van der Waals surface area (Å²) in [5.74, 6) is -0.0115. The number of carbonyl (C=O) groups excluding carboxylic acids is 1. The maximum atomic E-state index is 11.7. The maximum Gasteiger partial charge on any atom is 0.421 e. The molecule has 0 aliphatic carbocycles. The van der Waals surface area contributed by atoms with E-state index in [-0.39, 0.29) is 24.8 Å². The van der Waals surface area contributed by atoms with Crippen LogP contribution in [0.1, 0.15) is 12.8 Å². The second-order valence-electron chi connectivity index (χ2n) is 3.73. The molecular formula is C8H16N4O4S. The Morgan fingerprint density at radius 2 is 2.00 bits per heavy atom. The molecular weight excluding hydrogens is 248 g/mol. The molecule has 0 bridgehead atoms. The molecule has 8 nitrogen and oxygen atoms in total. The number of nitrogens with one attached hydrogen (secondary N) is 2. The highest BCUT2D eigenvalue weighted by atomic mass is 32.2. The molecule has 0 aromatic rings. The lowest BCUT2D eigenvalue weighted by molar-refractivity contribution is 0.176. The third-order valence-corrected chi connectivity index (χ3v) is 4.10. The average Bonchev–Trinajstić information content (AvgIpc) is 2.28. The fraction of sp³-hybridized carbons (Fsp3) is 0.750. The van der Waals surface area contributed by atoms with Crippen LogP contribution in [0.2, 0.25) is 0 Å². The number of hydrogen-bond acceptors (Lipinski definition) is 5. The van der Waals surface area contributed by atoms with Gasteiger partial charge in [-0.25, -0.2) is 9.52 Å². The minimum atomic E-state index is -3.85. The van der Waals surface area contributed by atoms with Crippen LogP contribution in [0.4, 0.5) is 4.79 Å². The first kappa shape index (κ1) is 13.7. The lowest BCUT2D eigenvalue weighted by atomic mass is 9.97. The minimum Gasteiger partial charge on any atom is -0.452 e. The van der Waals surface area contributed by atoms with Gasteiger partial charge in [0, 0.05) is 19.0 Å². The Bertz CT molecular complexity index is 400. The molecule has 1 aliphatic rings. The van der Waals surface area contributed by atoms with Gasteiger partial charge in [0.1, 0.15) is 0 Å². The van der Waals surface area contributed by atoms with E-state index < -0.39 is 16.3 Å². The molecule has 1 fully saturated rings. The first-order chi connectivity index (χ1) is 7.86. The summed E-state index contributed by atoms with van der Waals surface area (Å²) in [6.07, 6.45) is -0.0480. The molecule has 9 heteroatoms. The SMILES string of the molecule is COC(=O)NS(=O)(=O)N1CCC(C(=N)N)CC1. The van der Waals surface area contributed by atoms with Crippen molar-refractivity contribution in [1.82, 2.24) is 9.03 Å². The molecule has 4 N–H and O–H groups in total. The minimum absolute atomic E-state index is 0.0722. The molecule has 0 aromatic carbocycles. The number of nitrogens with two attached hydrogens (primary N) is 1. The Hall–Kier alpha value is -1.35. The van der Waals surface area contributed by atoms with Crippen molar-refractivity contribution in [2.24, 2.45) is 11.7 Å². The van der Waals surface area contributed by atoms with Gasteiger partial charge in [-0.3, -0.25) is 5.41 Å². The quantitative estimate of drug-likeness (QED) is 0.456. The molecule has 0 aromatic heterocycles. The van der Waals surface area contributed by atoms with E-state index in [0.717, 1.165) is 11.4 Å². The van der Waals surface area contributed by atoms with Crippen LogP contribution in [0, 0.1) is 11.3 Å². The van der Waals surface area contributed by atoms with Gasteiger partial charge in [-0.15, -0.1) is 0 Å². The van der Waals surface area contributed by atoms with Crippen LogP contribution in [0.3, 0.4) is 0 Å². The number of ether oxygens (including phenoxy) is 1. The van der Waals surface area contributed by atoms with Gasteiger partial charge in [0.2, 0.25) is 0 Å². The van der Waals surface area contributed by atoms with Crippen LogP contribution in [0.25, 0.3) is 0 Å². The van der Waals surface area contributed by atoms with Crippen LogP contribution in [-0.2, 0) is 14.9 Å². The van der Waals surface area contributed by atoms with Gasteiger partial charge in [0.05, 0.1) is 12.9 Å². The van der Waals surface area contributed by atoms with Gasteiger partial charge in [-0.05, 0) is 12.8 Å². The van der Waals surface area contributed by atoms with E-state index in [1.54, 1.807) is 4.72 Å². The third-order valence-electron chi connectivity index (χ3n) is 2.63. The van der Waals surface area contributed by atoms with E-state index in [9.17, 15) is 13.2 Å². The molecule has 98 valence electrons. The van der Waals surface area contributed by atoms with Crippen LogP contribution >= 0.6 is 0 Å². The number of carbonyl (C=O) groups is 1. The number of piperidine rings is 1. The summed E-state index contributed by atoms with van der Waals surface area (Å²) in [6.45, 7) is 0.465. The zero-order chi connectivity index (χ0) is 13.1. The number of rotatable bonds is 3. The fourth-order valence-electron chi connectivity index (χ4n) is 1.62. The van der Waals surface area contributed by atoms with Gasteiger partial charge in [-0.2, -0.15) is 12.7 Å². The normalized spacial score (nSPS) is 18.6. The Morgan fingerprint density at radius 3 is 2.41 bits per heavy atom. The molecule has 0 unspecified atom stereocenters. The smallest absolute Gasteiger partial charge is 0.421 e. The van der Waals surface area contributed by atoms with E-state index in [4.69, 9.17) is 11.1 Å². The van der Waals surface area contributed by atoms with E-state index in [1.165, 1.54) is 0 Å². The van der Waals surface area contributed by atoms with E-state index in [0.29, 0.717) is 12.8 Å². The van der Waals surface area contributed by atoms with E-state index >= 15 is 0 Å². The Balaban J connectivity index is 2.59. The lowest BCUT2D eigenvalue weighted by Crippen LogP contribution is -2.48. The molecule has 17 heavy (non-hydrogen) atoms. The highest BCUT2D eigenvalue weighted by molar-refractivity contribution is 7.87. The summed E-state index contributed by atoms with van der Waals surface area (Å²) in [4.78, 5) is 10.8. The topological polar surface area (TPSA) is 126 Å². The van der Waals surface area contributed by atoms with Crippen molar-refractivity contribution in [1.29, 1.82) is 5.41 Å². The predicted molar refractivity (Wildman–Crippen MR) is 60.7 cm³/mol. The standard InChI is InChI=1S/C8H16N4O4S/c1-16-8(13)11-17(14,15)12-4-2-6(3-5-12)7(9)10/h6H,2-5H2,1H3,(H3,9,10)(H,11,13). The van der Waals surface area contributed by atoms with Crippen LogP contribution in [0.15, 0.2) is 0 Å². The predicted octanol–water partition coefficient (Wildman–Crippen LogP) is -0.765. The average molecular weight is 264 g/mol. The van der Waals surface area contributed by atoms with Crippen molar-refractivity contribution < 1.29 is 17.9 Å². The number of nitrogens with zero attached hydrogens (tertiary/aromatic N) is 1. The summed E-state index contributed by atoms with van der Waals surface area (Å²) in [5, 5.41) is 7.27. The summed E-state index contributed by atoms with van der Waals surface area (Å²) in [7, 11) is -2.76. The van der Waals surface area contributed by atoms with Gasteiger partial charge in [0.15, 0.2) is 0 Å². The first-order valence-corrected chi connectivity index (χ1v) is 6.50. The third kappa shape index (κ3) is 3.56. The summed E-state index contributed by atoms with van der Waals surface area (Å²) >= 11 is 0. The van der Waals surface area contributed by atoms with Crippen LogP contribution in [-0.4, -0.2) is 44.9 Å². The highest BCUT2D eigenvalue weighted by Gasteiger charge is 2.30. The monoisotopic (exact) mass is 264 g/mol. The fourth-order valence-corrected chi connectivity index (χ4v) is 2.73. The summed E-state index contributed by atoms with van der Waals surface area (Å²) in [6, 6.07) is 0. The zero-order valence-corrected chi connectivity index (χ0v) is 10.3. The van der Waals surface area contributed by atoms with Crippen molar-refractivity contribution in [3.05, 3.63) is 0 Å². The molecule has 0 saturated carbocycles. The molecule has 1 heterocycles. The van der Waals surface area contributed by atoms with E-state index in [1.807, 2.05) is 0 Å². The Morgan fingerprint density at radius 1 is 1.47 bits per heavy atom. The Kier molecular flexibility index (Phi) is 4.29. The van der Waals surface area contributed by atoms with Crippen molar-refractivity contribution in [2.45, 2.75) is 12.8 Å². The van der Waals surface area contributed by atoms with Gasteiger partial charge in [0.25, 0.3) is 0 Å². The number of amidine groups is 1. The molecule has 1 rings (SSSR count). The maximum absolute atomic E-state index is 11.7. The van der Waals surface area contributed by atoms with Gasteiger partial charge >= 0.3 is 16.3 Å². The highest BCUT2D eigenvalue weighted by Crippen LogP contribution is 2.18. The molecule has 1 aliphatic heterocycles. The number of methoxy groups -OCH3 is 1. The van der Waals surface area contributed by atoms with Crippen LogP contribution in [0.5, 0.6) is 0 Å². The molecule has 0 radical (unpaired) electrons. The second kappa shape index (κ2) is 5.32. The van der Waals surface area contributed by atoms with Crippen LogP contribution < -0.4 is 10.5 Å². The van der Waals surface area contributed by atoms with Crippen molar-refractivity contribution in [3.63, 3.8) is 0 Å². The zero-order valence-electron chi connectivity index (χ0n) is 9.47. The van der Waals surface area contributed by atoms with Crippen molar-refractivity contribution in [2.75, 3.05) is 20.2 Å². The van der Waals surface area contributed by atoms with Gasteiger partial charge < -0.3 is 10.5 Å². The Labute approximate surface area is 99.8 Å². The molecule has 1 amide bonds. The molecule has 1 saturated heterocycles. The van der Waals surface area contributed by atoms with Crippen molar-refractivity contribution in [3.8, 4) is 0 Å². The molecule has 0 spiro atoms. The lowest BCUT2D eigenvalue weighted by Gasteiger charge is -2.30. The van der Waals surface area contributed by atoms with Gasteiger partial charge in [-0.1, -0.05) is 0 Å². The van der Waals surface area contributed by atoms with Crippen molar-refractivity contribution >= 4 is 22.1 Å². The first-order valence-electron chi connectivity index (χ1n) is 5.06. The summed E-state index contributed by atoms with van der Waals surface area (Å²) < 4.78 is 30.5. The van der Waals surface area contributed by atoms with E-state index in [2.05, 4.69) is 4.74 Å².